The number of fused-ring (bicyclic) bond motifs is 2. The Balaban J connectivity index is 1.80. The number of thiazole rings is 1. The van der Waals surface area contributed by atoms with Gasteiger partial charge in [0.05, 0.1) is 20.0 Å². The van der Waals surface area contributed by atoms with Crippen LogP contribution in [0.1, 0.15) is 15.2 Å². The average Bonchev–Trinajstić information content (AvgIpc) is 3.16. The Morgan fingerprint density at radius 2 is 1.96 bits per heavy atom. The van der Waals surface area contributed by atoms with Crippen LogP contribution in [0.2, 0.25) is 0 Å². The summed E-state index contributed by atoms with van der Waals surface area (Å²) in [6.45, 7) is 2.03. The van der Waals surface area contributed by atoms with E-state index < -0.39 is 4.92 Å². The normalized spacial score (nSPS) is 12.2. The molecule has 0 N–H and O–H groups in total. The number of amides is 1. The smallest absolute Gasteiger partial charge is 0.289 e. The molecule has 6 nitrogen and oxygen atoms in total. The van der Waals surface area contributed by atoms with Crippen molar-refractivity contribution in [2.75, 3.05) is 0 Å². The summed E-state index contributed by atoms with van der Waals surface area (Å²) >= 11 is 2.76. The second kappa shape index (κ2) is 6.15. The van der Waals surface area contributed by atoms with Crippen LogP contribution >= 0.6 is 22.7 Å². The summed E-state index contributed by atoms with van der Waals surface area (Å²) in [5.41, 5.74) is 2.21. The zero-order valence-electron chi connectivity index (χ0n) is 13.9. The van der Waals surface area contributed by atoms with Gasteiger partial charge in [0.15, 0.2) is 4.80 Å². The number of nitro groups is 1. The van der Waals surface area contributed by atoms with Gasteiger partial charge in [-0.2, -0.15) is 4.99 Å². The Hall–Kier alpha value is -2.84. The first-order valence-electron chi connectivity index (χ1n) is 7.76. The van der Waals surface area contributed by atoms with Crippen molar-refractivity contribution in [3.8, 4) is 0 Å². The van der Waals surface area contributed by atoms with Crippen molar-refractivity contribution in [2.45, 2.75) is 6.92 Å². The van der Waals surface area contributed by atoms with Crippen LogP contribution in [0, 0.1) is 17.0 Å². The summed E-state index contributed by atoms with van der Waals surface area (Å²) < 4.78 is 3.82. The van der Waals surface area contributed by atoms with Crippen molar-refractivity contribution < 1.29 is 9.72 Å². The van der Waals surface area contributed by atoms with E-state index in [9.17, 15) is 14.9 Å². The number of nitrogens with zero attached hydrogens (tertiary/aromatic N) is 3. The third kappa shape index (κ3) is 2.73. The van der Waals surface area contributed by atoms with Crippen LogP contribution in [0.25, 0.3) is 20.3 Å². The highest BCUT2D eigenvalue weighted by Crippen LogP contribution is 2.29. The number of carbonyl (C=O) groups is 1. The van der Waals surface area contributed by atoms with E-state index in [-0.39, 0.29) is 11.6 Å². The van der Waals surface area contributed by atoms with Crippen molar-refractivity contribution in [3.63, 3.8) is 0 Å². The molecule has 0 saturated heterocycles. The molecule has 0 aliphatic carbocycles. The monoisotopic (exact) mass is 383 g/mol. The van der Waals surface area contributed by atoms with Gasteiger partial charge in [-0.3, -0.25) is 14.9 Å². The second-order valence-corrected chi connectivity index (χ2v) is 7.97. The SMILES string of the molecule is Cc1cccc2sc(=NC(=O)c3cc4cc([N+](=O)[O-])ccc4s3)n(C)c12. The number of hydrogen-bond donors (Lipinski definition) is 0. The number of benzene rings is 2. The number of nitro benzene ring substituents is 1. The summed E-state index contributed by atoms with van der Waals surface area (Å²) in [5.74, 6) is -0.339. The summed E-state index contributed by atoms with van der Waals surface area (Å²) in [6.07, 6.45) is 0. The molecule has 0 radical (unpaired) electrons. The molecule has 0 aliphatic heterocycles. The van der Waals surface area contributed by atoms with E-state index in [1.54, 1.807) is 12.1 Å². The zero-order chi connectivity index (χ0) is 18.4. The Labute approximate surface area is 155 Å². The zero-order valence-corrected chi connectivity index (χ0v) is 15.6. The second-order valence-electron chi connectivity index (χ2n) is 5.87. The number of carbonyl (C=O) groups excluding carboxylic acids is 1. The van der Waals surface area contributed by atoms with Crippen molar-refractivity contribution in [2.24, 2.45) is 12.0 Å². The van der Waals surface area contributed by atoms with Crippen molar-refractivity contribution >= 4 is 54.6 Å². The maximum Gasteiger partial charge on any atom is 0.289 e. The van der Waals surface area contributed by atoms with Crippen LogP contribution in [-0.2, 0) is 7.05 Å². The molecule has 0 spiro atoms. The maximum atomic E-state index is 12.6. The summed E-state index contributed by atoms with van der Waals surface area (Å²) in [4.78, 5) is 28.5. The fourth-order valence-electron chi connectivity index (χ4n) is 2.90. The molecule has 2 heterocycles. The standard InChI is InChI=1S/C18H13N3O3S2/c1-10-4-3-5-14-16(10)20(2)18(26-14)19-17(22)15-9-11-8-12(21(23)24)6-7-13(11)25-15/h3-9H,1-2H3. The molecular weight excluding hydrogens is 370 g/mol. The lowest BCUT2D eigenvalue weighted by molar-refractivity contribution is -0.384. The first-order valence-corrected chi connectivity index (χ1v) is 9.39. The molecule has 0 fully saturated rings. The predicted octanol–water partition coefficient (Wildman–Crippen LogP) is 4.41. The Morgan fingerprint density at radius 1 is 1.15 bits per heavy atom. The number of hydrogen-bond acceptors (Lipinski definition) is 5. The van der Waals surface area contributed by atoms with Gasteiger partial charge in [-0.1, -0.05) is 23.5 Å². The number of aryl methyl sites for hydroxylation is 2. The molecule has 8 heteroatoms. The van der Waals surface area contributed by atoms with Gasteiger partial charge in [0.1, 0.15) is 0 Å². The van der Waals surface area contributed by atoms with Gasteiger partial charge in [-0.25, -0.2) is 0 Å². The Kier molecular flexibility index (Phi) is 3.93. The number of non-ortho nitro benzene ring substituents is 1. The van der Waals surface area contributed by atoms with Gasteiger partial charge in [0.25, 0.3) is 11.6 Å². The Morgan fingerprint density at radius 3 is 2.69 bits per heavy atom. The molecule has 0 bridgehead atoms. The molecule has 4 rings (SSSR count). The van der Waals surface area contributed by atoms with Gasteiger partial charge in [0.2, 0.25) is 0 Å². The number of aromatic nitrogens is 1. The van der Waals surface area contributed by atoms with Gasteiger partial charge >= 0.3 is 0 Å². The average molecular weight is 383 g/mol. The van der Waals surface area contributed by atoms with E-state index in [2.05, 4.69) is 4.99 Å². The molecule has 0 unspecified atom stereocenters. The van der Waals surface area contributed by atoms with Crippen LogP contribution in [-0.4, -0.2) is 15.4 Å². The van der Waals surface area contributed by atoms with Crippen LogP contribution in [0.15, 0.2) is 47.5 Å². The van der Waals surface area contributed by atoms with Gasteiger partial charge in [-0.15, -0.1) is 11.3 Å². The van der Waals surface area contributed by atoms with Crippen LogP contribution in [0.4, 0.5) is 5.69 Å². The van der Waals surface area contributed by atoms with Gasteiger partial charge in [-0.05, 0) is 30.7 Å². The molecule has 130 valence electrons. The number of rotatable bonds is 2. The summed E-state index contributed by atoms with van der Waals surface area (Å²) in [6, 6.07) is 12.3. The van der Waals surface area contributed by atoms with E-state index in [4.69, 9.17) is 0 Å². The topological polar surface area (TPSA) is 77.5 Å². The molecule has 0 aliphatic rings. The summed E-state index contributed by atoms with van der Waals surface area (Å²) in [5, 5.41) is 11.6. The molecule has 2 aromatic carbocycles. The fourth-order valence-corrected chi connectivity index (χ4v) is 4.92. The fraction of sp³-hybridized carbons (Fsp3) is 0.111. The third-order valence-electron chi connectivity index (χ3n) is 4.14. The molecule has 4 aromatic rings. The van der Waals surface area contributed by atoms with Gasteiger partial charge < -0.3 is 4.57 Å². The number of thiophene rings is 1. The van der Waals surface area contributed by atoms with E-state index in [0.717, 1.165) is 20.5 Å². The maximum absolute atomic E-state index is 12.6. The summed E-state index contributed by atoms with van der Waals surface area (Å²) in [7, 11) is 1.90. The van der Waals surface area contributed by atoms with Crippen LogP contribution in [0.5, 0.6) is 0 Å². The highest BCUT2D eigenvalue weighted by Gasteiger charge is 2.14. The minimum absolute atomic E-state index is 0.0117. The van der Waals surface area contributed by atoms with E-state index >= 15 is 0 Å². The van der Waals surface area contributed by atoms with Crippen molar-refractivity contribution in [1.29, 1.82) is 0 Å². The lowest BCUT2D eigenvalue weighted by Crippen LogP contribution is -2.13. The van der Waals surface area contributed by atoms with Crippen molar-refractivity contribution in [1.82, 2.24) is 4.57 Å². The predicted molar refractivity (Wildman–Crippen MR) is 104 cm³/mol. The Bertz CT molecular complexity index is 1260. The number of para-hydroxylation sites is 1. The largest absolute Gasteiger partial charge is 0.319 e. The molecule has 0 atom stereocenters. The quantitative estimate of drug-likeness (QED) is 0.380. The van der Waals surface area contributed by atoms with Crippen LogP contribution in [0.3, 0.4) is 0 Å². The van der Waals surface area contributed by atoms with E-state index in [0.29, 0.717) is 15.1 Å². The third-order valence-corrected chi connectivity index (χ3v) is 6.34. The molecular formula is C18H13N3O3S2. The molecule has 2 aromatic heterocycles. The van der Waals surface area contributed by atoms with E-state index in [1.807, 2.05) is 36.7 Å². The first kappa shape index (κ1) is 16.6. The lowest BCUT2D eigenvalue weighted by atomic mass is 10.2. The highest BCUT2D eigenvalue weighted by atomic mass is 32.1. The molecule has 0 saturated carbocycles. The minimum atomic E-state index is -0.442. The molecule has 1 amide bonds. The van der Waals surface area contributed by atoms with Crippen LogP contribution < -0.4 is 4.80 Å². The van der Waals surface area contributed by atoms with E-state index in [1.165, 1.54) is 34.8 Å². The highest BCUT2D eigenvalue weighted by molar-refractivity contribution is 7.21. The molecule has 26 heavy (non-hydrogen) atoms. The minimum Gasteiger partial charge on any atom is -0.319 e. The van der Waals surface area contributed by atoms with Gasteiger partial charge in [0, 0.05) is 29.3 Å². The first-order chi connectivity index (χ1) is 12.4. The van der Waals surface area contributed by atoms with Crippen molar-refractivity contribution in [3.05, 3.63) is 67.8 Å². The lowest BCUT2D eigenvalue weighted by Gasteiger charge is -1.98.